The van der Waals surface area contributed by atoms with Crippen molar-refractivity contribution >= 4 is 24.8 Å². The van der Waals surface area contributed by atoms with Crippen LogP contribution in [0.25, 0.3) is 0 Å². The van der Waals surface area contributed by atoms with E-state index in [1.165, 1.54) is 0 Å². The van der Waals surface area contributed by atoms with Crippen LogP contribution in [0.2, 0.25) is 0 Å². The van der Waals surface area contributed by atoms with E-state index in [9.17, 15) is 9.59 Å². The van der Waals surface area contributed by atoms with Gasteiger partial charge < -0.3 is 8.92 Å². The van der Waals surface area contributed by atoms with Crippen molar-refractivity contribution in [3.05, 3.63) is 0 Å². The molecule has 4 nitrogen and oxygen atoms in total. The first-order valence-electron chi connectivity index (χ1n) is 4.83. The van der Waals surface area contributed by atoms with Crippen LogP contribution in [0, 0.1) is 5.92 Å². The third-order valence-electron chi connectivity index (χ3n) is 1.69. The van der Waals surface area contributed by atoms with Crippen molar-refractivity contribution in [3.63, 3.8) is 0 Å². The predicted molar refractivity (Wildman–Crippen MR) is 59.3 cm³/mol. The fourth-order valence-electron chi connectivity index (χ4n) is 0.900. The number of carbonyl (C=O) groups excluding carboxylic acids is 2. The maximum absolute atomic E-state index is 11.5. The second kappa shape index (κ2) is 6.00. The summed E-state index contributed by atoms with van der Waals surface area (Å²) < 4.78 is 9.34. The highest BCUT2D eigenvalue weighted by Gasteiger charge is 2.22. The molecule has 0 unspecified atom stereocenters. The van der Waals surface area contributed by atoms with Crippen molar-refractivity contribution in [3.8, 4) is 0 Å². The summed E-state index contributed by atoms with van der Waals surface area (Å²) in [6.45, 7) is 7.14. The van der Waals surface area contributed by atoms with Gasteiger partial charge in [0.25, 0.3) is 0 Å². The van der Waals surface area contributed by atoms with Crippen LogP contribution in [0.1, 0.15) is 40.5 Å². The summed E-state index contributed by atoms with van der Waals surface area (Å²) in [4.78, 5) is 22.2. The summed E-state index contributed by atoms with van der Waals surface area (Å²) in [5.74, 6) is -1.04. The molecular formula is C10H18O4S. The van der Waals surface area contributed by atoms with E-state index < -0.39 is 11.6 Å². The Morgan fingerprint density at radius 2 is 1.87 bits per heavy atom. The van der Waals surface area contributed by atoms with Crippen molar-refractivity contribution in [1.29, 1.82) is 0 Å². The second-order valence-electron chi connectivity index (χ2n) is 4.44. The van der Waals surface area contributed by atoms with E-state index in [0.29, 0.717) is 6.42 Å². The van der Waals surface area contributed by atoms with E-state index in [0.717, 1.165) is 0 Å². The molecule has 0 aliphatic carbocycles. The summed E-state index contributed by atoms with van der Waals surface area (Å²) in [5.41, 5.74) is -0.491. The molecule has 0 amide bonds. The summed E-state index contributed by atoms with van der Waals surface area (Å²) in [6, 6.07) is 0. The summed E-state index contributed by atoms with van der Waals surface area (Å²) in [6.07, 6.45) is 0.582. The quantitative estimate of drug-likeness (QED) is 0.460. The molecule has 0 aliphatic rings. The molecule has 0 heterocycles. The number of ether oxygens (including phenoxy) is 1. The minimum atomic E-state index is -0.491. The molecule has 0 bridgehead atoms. The van der Waals surface area contributed by atoms with E-state index >= 15 is 0 Å². The van der Waals surface area contributed by atoms with E-state index in [-0.39, 0.29) is 18.3 Å². The van der Waals surface area contributed by atoms with E-state index in [1.54, 1.807) is 27.7 Å². The van der Waals surface area contributed by atoms with Crippen molar-refractivity contribution in [2.45, 2.75) is 46.1 Å². The molecule has 0 rings (SSSR count). The fraction of sp³-hybridized carbons (Fsp3) is 0.800. The van der Waals surface area contributed by atoms with Gasteiger partial charge in [-0.1, -0.05) is 6.92 Å². The van der Waals surface area contributed by atoms with Crippen LogP contribution in [-0.2, 0) is 18.5 Å². The highest BCUT2D eigenvalue weighted by molar-refractivity contribution is 7.75. The minimum absolute atomic E-state index is 0.171. The Hall–Kier alpha value is -0.710. The van der Waals surface area contributed by atoms with Crippen LogP contribution in [0.3, 0.4) is 0 Å². The first-order valence-corrected chi connectivity index (χ1v) is 5.20. The van der Waals surface area contributed by atoms with Crippen LogP contribution in [-0.4, -0.2) is 17.5 Å². The minimum Gasteiger partial charge on any atom is -0.460 e. The van der Waals surface area contributed by atoms with Crippen LogP contribution in [0.4, 0.5) is 0 Å². The summed E-state index contributed by atoms with van der Waals surface area (Å²) in [5, 5.41) is 0. The lowest BCUT2D eigenvalue weighted by molar-refractivity contribution is -0.159. The number of thiol groups is 1. The van der Waals surface area contributed by atoms with Gasteiger partial charge in [-0.25, -0.2) is 0 Å². The zero-order chi connectivity index (χ0) is 12.1. The number of hydrogen-bond donors (Lipinski definition) is 1. The molecule has 0 aromatic rings. The molecule has 0 saturated carbocycles. The van der Waals surface area contributed by atoms with Crippen molar-refractivity contribution < 1.29 is 18.5 Å². The molecule has 0 N–H and O–H groups in total. The normalized spacial score (nSPS) is 13.1. The lowest BCUT2D eigenvalue weighted by Gasteiger charge is -2.22. The van der Waals surface area contributed by atoms with E-state index in [1.807, 2.05) is 0 Å². The second-order valence-corrected chi connectivity index (χ2v) is 4.62. The number of hydrogen-bond acceptors (Lipinski definition) is 5. The lowest BCUT2D eigenvalue weighted by atomic mass is 10.1. The highest BCUT2D eigenvalue weighted by Crippen LogP contribution is 2.14. The maximum Gasteiger partial charge on any atom is 0.317 e. The molecule has 1 atom stereocenters. The molecule has 0 aromatic carbocycles. The molecule has 0 aliphatic heterocycles. The third kappa shape index (κ3) is 7.25. The van der Waals surface area contributed by atoms with Gasteiger partial charge in [0.05, 0.1) is 5.92 Å². The molecule has 0 saturated heterocycles. The molecule has 0 fully saturated rings. The first-order chi connectivity index (χ1) is 6.76. The molecule has 0 aromatic heterocycles. The Labute approximate surface area is 95.9 Å². The van der Waals surface area contributed by atoms with Gasteiger partial charge in [0.1, 0.15) is 5.60 Å². The average Bonchev–Trinajstić information content (AvgIpc) is 2.10. The van der Waals surface area contributed by atoms with Gasteiger partial charge in [-0.2, -0.15) is 0 Å². The van der Waals surface area contributed by atoms with Crippen molar-refractivity contribution in [2.75, 3.05) is 0 Å². The van der Waals surface area contributed by atoms with Crippen LogP contribution >= 0.6 is 12.9 Å². The molecule has 15 heavy (non-hydrogen) atoms. The number of carbonyl (C=O) groups is 2. The zero-order valence-electron chi connectivity index (χ0n) is 9.57. The fourth-order valence-corrected chi connectivity index (χ4v) is 0.992. The van der Waals surface area contributed by atoms with Gasteiger partial charge >= 0.3 is 11.9 Å². The Morgan fingerprint density at radius 3 is 2.27 bits per heavy atom. The van der Waals surface area contributed by atoms with Crippen molar-refractivity contribution in [2.24, 2.45) is 5.92 Å². The molecular weight excluding hydrogens is 216 g/mol. The summed E-state index contributed by atoms with van der Waals surface area (Å²) >= 11 is 3.37. The number of esters is 1. The zero-order valence-corrected chi connectivity index (χ0v) is 10.5. The van der Waals surface area contributed by atoms with Crippen LogP contribution in [0.15, 0.2) is 0 Å². The van der Waals surface area contributed by atoms with E-state index in [4.69, 9.17) is 4.74 Å². The Bertz CT molecular complexity index is 232. The van der Waals surface area contributed by atoms with Gasteiger partial charge in [-0.05, 0) is 27.2 Å². The molecule has 88 valence electrons. The third-order valence-corrected chi connectivity index (χ3v) is 1.90. The van der Waals surface area contributed by atoms with Gasteiger partial charge in [0, 0.05) is 19.3 Å². The van der Waals surface area contributed by atoms with Gasteiger partial charge in [-0.3, -0.25) is 9.59 Å². The Balaban J connectivity index is 3.95. The molecule has 5 heteroatoms. The van der Waals surface area contributed by atoms with Gasteiger partial charge in [0.2, 0.25) is 0 Å². The van der Waals surface area contributed by atoms with E-state index in [2.05, 4.69) is 17.1 Å². The highest BCUT2D eigenvalue weighted by atomic mass is 32.1. The van der Waals surface area contributed by atoms with Gasteiger partial charge in [0.15, 0.2) is 0 Å². The van der Waals surface area contributed by atoms with Gasteiger partial charge in [-0.15, -0.1) is 0 Å². The Morgan fingerprint density at radius 1 is 1.33 bits per heavy atom. The molecule has 0 radical (unpaired) electrons. The lowest BCUT2D eigenvalue weighted by Crippen LogP contribution is -2.27. The monoisotopic (exact) mass is 234 g/mol. The summed E-state index contributed by atoms with van der Waals surface area (Å²) in [7, 11) is 0. The smallest absolute Gasteiger partial charge is 0.317 e. The van der Waals surface area contributed by atoms with Crippen LogP contribution < -0.4 is 0 Å². The first kappa shape index (κ1) is 14.3. The number of rotatable bonds is 4. The standard InChI is InChI=1S/C10H18O4S/c1-7(5-6-8(11)14-15)9(12)13-10(2,3)4/h7,15H,5-6H2,1-4H3/t7-/m0/s1. The predicted octanol–water partition coefficient (Wildman–Crippen LogP) is 2.13. The Kier molecular flexibility index (Phi) is 5.72. The average molecular weight is 234 g/mol. The SMILES string of the molecule is C[C@@H](CCC(=O)OS)C(=O)OC(C)(C)C. The van der Waals surface area contributed by atoms with Crippen LogP contribution in [0.5, 0.6) is 0 Å². The maximum atomic E-state index is 11.5. The topological polar surface area (TPSA) is 52.6 Å². The molecule has 0 spiro atoms. The van der Waals surface area contributed by atoms with Crippen molar-refractivity contribution in [1.82, 2.24) is 0 Å². The largest absolute Gasteiger partial charge is 0.460 e.